The molecular weight excluding hydrogens is 268 g/mol. The van der Waals surface area contributed by atoms with Gasteiger partial charge in [0.15, 0.2) is 0 Å². The molecule has 1 fully saturated rings. The highest BCUT2D eigenvalue weighted by molar-refractivity contribution is 5.83. The average Bonchev–Trinajstić information content (AvgIpc) is 2.45. The maximum absolute atomic E-state index is 12.1. The zero-order chi connectivity index (χ0) is 15.2. The Kier molecular flexibility index (Phi) is 5.33. The van der Waals surface area contributed by atoms with E-state index >= 15 is 0 Å². The predicted octanol–water partition coefficient (Wildman–Crippen LogP) is 1.03. The van der Waals surface area contributed by atoms with Crippen LogP contribution >= 0.6 is 0 Å². The van der Waals surface area contributed by atoms with Crippen LogP contribution in [-0.4, -0.2) is 36.6 Å². The molecule has 0 bridgehead atoms. The maximum atomic E-state index is 12.1. The largest absolute Gasteiger partial charge is 0.466 e. The molecule has 0 aliphatic carbocycles. The first-order valence-electron chi connectivity index (χ1n) is 7.36. The fourth-order valence-corrected chi connectivity index (χ4v) is 2.54. The number of carbonyl (C=O) groups excluding carboxylic acids is 2. The van der Waals surface area contributed by atoms with E-state index in [9.17, 15) is 9.59 Å². The van der Waals surface area contributed by atoms with Gasteiger partial charge in [-0.25, -0.2) is 0 Å². The standard InChI is InChI=1S/C16H22N2O3/c1-3-21-15(19)10-13-11(2)17-16(20)14(18-13)9-12-7-5-4-6-8-12/h4-8,11,13-14,18H,3,9-10H2,1-2H3,(H,17,20)/t11-,13-,14-/m0/s1. The van der Waals surface area contributed by atoms with Gasteiger partial charge in [-0.3, -0.25) is 9.59 Å². The van der Waals surface area contributed by atoms with Gasteiger partial charge >= 0.3 is 5.97 Å². The van der Waals surface area contributed by atoms with Gasteiger partial charge < -0.3 is 15.4 Å². The van der Waals surface area contributed by atoms with Crippen LogP contribution in [0.1, 0.15) is 25.8 Å². The van der Waals surface area contributed by atoms with Crippen LogP contribution in [0.3, 0.4) is 0 Å². The van der Waals surface area contributed by atoms with Crippen LogP contribution < -0.4 is 10.6 Å². The highest BCUT2D eigenvalue weighted by atomic mass is 16.5. The number of piperazine rings is 1. The smallest absolute Gasteiger partial charge is 0.307 e. The molecule has 0 saturated carbocycles. The first-order chi connectivity index (χ1) is 10.1. The topological polar surface area (TPSA) is 67.4 Å². The van der Waals surface area contributed by atoms with Crippen LogP contribution in [0.5, 0.6) is 0 Å². The molecular formula is C16H22N2O3. The van der Waals surface area contributed by atoms with Crippen molar-refractivity contribution in [3.63, 3.8) is 0 Å². The van der Waals surface area contributed by atoms with Crippen molar-refractivity contribution in [1.29, 1.82) is 0 Å². The van der Waals surface area contributed by atoms with E-state index in [4.69, 9.17) is 4.74 Å². The van der Waals surface area contributed by atoms with Crippen LogP contribution in [-0.2, 0) is 20.7 Å². The minimum atomic E-state index is -0.317. The molecule has 1 aliphatic heterocycles. The number of carbonyl (C=O) groups is 2. The highest BCUT2D eigenvalue weighted by Crippen LogP contribution is 2.12. The number of amides is 1. The number of rotatable bonds is 5. The molecule has 2 N–H and O–H groups in total. The monoisotopic (exact) mass is 290 g/mol. The molecule has 5 nitrogen and oxygen atoms in total. The van der Waals surface area contributed by atoms with Gasteiger partial charge in [-0.05, 0) is 25.8 Å². The summed E-state index contributed by atoms with van der Waals surface area (Å²) in [6, 6.07) is 9.33. The van der Waals surface area contributed by atoms with E-state index in [-0.39, 0.29) is 36.4 Å². The lowest BCUT2D eigenvalue weighted by Crippen LogP contribution is -2.63. The van der Waals surface area contributed by atoms with Crippen LogP contribution in [0.15, 0.2) is 30.3 Å². The van der Waals surface area contributed by atoms with Crippen molar-refractivity contribution in [2.24, 2.45) is 0 Å². The maximum Gasteiger partial charge on any atom is 0.307 e. The molecule has 1 aliphatic rings. The van der Waals surface area contributed by atoms with Gasteiger partial charge in [0.1, 0.15) is 0 Å². The van der Waals surface area contributed by atoms with Crippen molar-refractivity contribution < 1.29 is 14.3 Å². The lowest BCUT2D eigenvalue weighted by molar-refractivity contribution is -0.144. The molecule has 0 unspecified atom stereocenters. The van der Waals surface area contributed by atoms with E-state index in [0.717, 1.165) is 5.56 Å². The number of benzene rings is 1. The molecule has 0 aromatic heterocycles. The fraction of sp³-hybridized carbons (Fsp3) is 0.500. The SMILES string of the molecule is CCOC(=O)C[C@@H]1N[C@@H](Cc2ccccc2)C(=O)N[C@H]1C. The van der Waals surface area contributed by atoms with Crippen molar-refractivity contribution in [1.82, 2.24) is 10.6 Å². The van der Waals surface area contributed by atoms with Crippen LogP contribution in [0, 0.1) is 0 Å². The summed E-state index contributed by atoms with van der Waals surface area (Å²) in [5.74, 6) is -0.261. The highest BCUT2D eigenvalue weighted by Gasteiger charge is 2.33. The summed E-state index contributed by atoms with van der Waals surface area (Å²) < 4.78 is 4.98. The summed E-state index contributed by atoms with van der Waals surface area (Å²) in [5.41, 5.74) is 1.09. The third-order valence-electron chi connectivity index (χ3n) is 3.68. The third-order valence-corrected chi connectivity index (χ3v) is 3.68. The van der Waals surface area contributed by atoms with Crippen molar-refractivity contribution in [2.75, 3.05) is 6.61 Å². The molecule has 5 heteroatoms. The minimum absolute atomic E-state index is 0.0218. The van der Waals surface area contributed by atoms with Crippen LogP contribution in [0.4, 0.5) is 0 Å². The van der Waals surface area contributed by atoms with Crippen LogP contribution in [0.2, 0.25) is 0 Å². The predicted molar refractivity (Wildman–Crippen MR) is 79.7 cm³/mol. The third kappa shape index (κ3) is 4.29. The van der Waals surface area contributed by atoms with Gasteiger partial charge in [0, 0.05) is 12.1 Å². The number of nitrogens with one attached hydrogen (secondary N) is 2. The molecule has 21 heavy (non-hydrogen) atoms. The first-order valence-corrected chi connectivity index (χ1v) is 7.36. The molecule has 0 spiro atoms. The van der Waals surface area contributed by atoms with Gasteiger partial charge in [-0.15, -0.1) is 0 Å². The lowest BCUT2D eigenvalue weighted by Gasteiger charge is -2.35. The first kappa shape index (κ1) is 15.5. The van der Waals surface area contributed by atoms with Crippen molar-refractivity contribution >= 4 is 11.9 Å². The summed E-state index contributed by atoms with van der Waals surface area (Å²) in [6.07, 6.45) is 0.874. The summed E-state index contributed by atoms with van der Waals surface area (Å²) in [6.45, 7) is 4.06. The summed E-state index contributed by atoms with van der Waals surface area (Å²) >= 11 is 0. The molecule has 1 heterocycles. The zero-order valence-electron chi connectivity index (χ0n) is 12.5. The Bertz CT molecular complexity index is 490. The Morgan fingerprint density at radius 2 is 2.00 bits per heavy atom. The van der Waals surface area contributed by atoms with Gasteiger partial charge in [0.05, 0.1) is 19.1 Å². The number of hydrogen-bond acceptors (Lipinski definition) is 4. The number of ether oxygens (including phenoxy) is 1. The minimum Gasteiger partial charge on any atom is -0.466 e. The van der Waals surface area contributed by atoms with E-state index in [1.165, 1.54) is 0 Å². The van der Waals surface area contributed by atoms with E-state index in [1.807, 2.05) is 37.3 Å². The van der Waals surface area contributed by atoms with E-state index in [2.05, 4.69) is 10.6 Å². The number of hydrogen-bond donors (Lipinski definition) is 2. The van der Waals surface area contributed by atoms with E-state index in [0.29, 0.717) is 13.0 Å². The summed E-state index contributed by atoms with van der Waals surface area (Å²) in [5, 5.41) is 6.22. The molecule has 1 aromatic carbocycles. The Balaban J connectivity index is 1.98. The lowest BCUT2D eigenvalue weighted by atomic mass is 9.96. The normalized spacial score (nSPS) is 25.2. The number of esters is 1. The molecule has 1 aromatic rings. The second-order valence-corrected chi connectivity index (χ2v) is 5.32. The zero-order valence-corrected chi connectivity index (χ0v) is 12.5. The Morgan fingerprint density at radius 1 is 1.29 bits per heavy atom. The van der Waals surface area contributed by atoms with Crippen molar-refractivity contribution in [3.8, 4) is 0 Å². The Morgan fingerprint density at radius 3 is 2.67 bits per heavy atom. The van der Waals surface area contributed by atoms with Gasteiger partial charge in [-0.2, -0.15) is 0 Å². The average molecular weight is 290 g/mol. The molecule has 1 amide bonds. The van der Waals surface area contributed by atoms with Crippen LogP contribution in [0.25, 0.3) is 0 Å². The summed E-state index contributed by atoms with van der Waals surface area (Å²) in [4.78, 5) is 23.7. The quantitative estimate of drug-likeness (QED) is 0.795. The summed E-state index contributed by atoms with van der Waals surface area (Å²) in [7, 11) is 0. The van der Waals surface area contributed by atoms with E-state index < -0.39 is 0 Å². The second-order valence-electron chi connectivity index (χ2n) is 5.32. The molecule has 114 valence electrons. The second kappa shape index (κ2) is 7.22. The molecule has 2 rings (SSSR count). The molecule has 0 radical (unpaired) electrons. The Labute approximate surface area is 125 Å². The van der Waals surface area contributed by atoms with Gasteiger partial charge in [-0.1, -0.05) is 30.3 Å². The Hall–Kier alpha value is -1.88. The molecule has 1 saturated heterocycles. The van der Waals surface area contributed by atoms with E-state index in [1.54, 1.807) is 6.92 Å². The van der Waals surface area contributed by atoms with Crippen molar-refractivity contribution in [2.45, 2.75) is 44.8 Å². The van der Waals surface area contributed by atoms with Crippen molar-refractivity contribution in [3.05, 3.63) is 35.9 Å². The molecule has 3 atom stereocenters. The fourth-order valence-electron chi connectivity index (χ4n) is 2.54. The van der Waals surface area contributed by atoms with Gasteiger partial charge in [0.25, 0.3) is 0 Å². The van der Waals surface area contributed by atoms with Gasteiger partial charge in [0.2, 0.25) is 5.91 Å².